The van der Waals surface area contributed by atoms with Crippen LogP contribution in [0.25, 0.3) is 0 Å². The molecule has 1 aliphatic rings. The molecule has 2 aromatic rings. The summed E-state index contributed by atoms with van der Waals surface area (Å²) in [7, 11) is 6.97. The lowest BCUT2D eigenvalue weighted by atomic mass is 10.0. The smallest absolute Gasteiger partial charge is 0.409 e. The minimum Gasteiger partial charge on any atom is -0.493 e. The molecule has 0 aliphatic carbocycles. The molecule has 0 atom stereocenters. The summed E-state index contributed by atoms with van der Waals surface area (Å²) in [5.41, 5.74) is 1.29. The Balaban J connectivity index is 1.97. The SMILES string of the molecule is COC(=O)c1c(NC(=O)c2cc(OC)c(OC)c(OC)c2)sc2c1CCN(C(=O)OC)C2. The van der Waals surface area contributed by atoms with Crippen LogP contribution in [0.1, 0.15) is 31.2 Å². The van der Waals surface area contributed by atoms with Crippen molar-refractivity contribution in [2.45, 2.75) is 13.0 Å². The van der Waals surface area contributed by atoms with Crippen LogP contribution in [-0.2, 0) is 22.4 Å². The van der Waals surface area contributed by atoms with Crippen LogP contribution in [0, 0.1) is 0 Å². The molecule has 0 radical (unpaired) electrons. The van der Waals surface area contributed by atoms with E-state index in [1.807, 2.05) is 0 Å². The van der Waals surface area contributed by atoms with Gasteiger partial charge in [0.1, 0.15) is 5.00 Å². The van der Waals surface area contributed by atoms with E-state index >= 15 is 0 Å². The van der Waals surface area contributed by atoms with E-state index in [1.165, 1.54) is 63.9 Å². The highest BCUT2D eigenvalue weighted by molar-refractivity contribution is 7.17. The minimum atomic E-state index is -0.561. The fraction of sp³-hybridized carbons (Fsp3) is 0.381. The summed E-state index contributed by atoms with van der Waals surface area (Å²) in [6.07, 6.45) is -0.0162. The Kier molecular flexibility index (Phi) is 7.08. The zero-order valence-corrected chi connectivity index (χ0v) is 19.2. The van der Waals surface area contributed by atoms with Gasteiger partial charge in [0.05, 0.1) is 47.7 Å². The molecule has 0 saturated carbocycles. The lowest BCUT2D eigenvalue weighted by Crippen LogP contribution is -2.35. The average molecular weight is 464 g/mol. The van der Waals surface area contributed by atoms with E-state index in [4.69, 9.17) is 23.7 Å². The second-order valence-electron chi connectivity index (χ2n) is 6.71. The molecule has 0 unspecified atom stereocenters. The summed E-state index contributed by atoms with van der Waals surface area (Å²) < 4.78 is 25.6. The molecule has 11 heteroatoms. The van der Waals surface area contributed by atoms with Gasteiger partial charge in [-0.25, -0.2) is 9.59 Å². The minimum absolute atomic E-state index is 0.248. The fourth-order valence-electron chi connectivity index (χ4n) is 3.48. The summed E-state index contributed by atoms with van der Waals surface area (Å²) >= 11 is 1.22. The number of amides is 2. The van der Waals surface area contributed by atoms with Crippen molar-refractivity contribution in [1.29, 1.82) is 0 Å². The molecular formula is C21H24N2O8S. The number of rotatable bonds is 6. The highest BCUT2D eigenvalue weighted by Gasteiger charge is 2.31. The average Bonchev–Trinajstić information content (AvgIpc) is 3.18. The molecule has 2 heterocycles. The number of benzene rings is 1. The van der Waals surface area contributed by atoms with Gasteiger partial charge in [0.25, 0.3) is 5.91 Å². The van der Waals surface area contributed by atoms with Crippen molar-refractivity contribution in [3.05, 3.63) is 33.7 Å². The van der Waals surface area contributed by atoms with Gasteiger partial charge >= 0.3 is 12.1 Å². The first-order valence-corrected chi connectivity index (χ1v) is 10.4. The van der Waals surface area contributed by atoms with E-state index in [-0.39, 0.29) is 17.7 Å². The van der Waals surface area contributed by atoms with Crippen molar-refractivity contribution < 1.29 is 38.1 Å². The third-order valence-corrected chi connectivity index (χ3v) is 6.17. The highest BCUT2D eigenvalue weighted by Crippen LogP contribution is 2.40. The van der Waals surface area contributed by atoms with Crippen molar-refractivity contribution in [1.82, 2.24) is 4.90 Å². The van der Waals surface area contributed by atoms with Crippen molar-refractivity contribution >= 4 is 34.3 Å². The van der Waals surface area contributed by atoms with Gasteiger partial charge in [-0.3, -0.25) is 4.79 Å². The molecule has 10 nitrogen and oxygen atoms in total. The van der Waals surface area contributed by atoms with E-state index in [0.717, 1.165) is 10.4 Å². The molecule has 32 heavy (non-hydrogen) atoms. The quantitative estimate of drug-likeness (QED) is 0.650. The second-order valence-corrected chi connectivity index (χ2v) is 7.81. The number of nitrogens with zero attached hydrogens (tertiary/aromatic N) is 1. The number of anilines is 1. The zero-order valence-electron chi connectivity index (χ0n) is 18.4. The maximum atomic E-state index is 13.1. The predicted molar refractivity (Wildman–Crippen MR) is 116 cm³/mol. The monoisotopic (exact) mass is 464 g/mol. The number of fused-ring (bicyclic) bond motifs is 1. The number of esters is 1. The van der Waals surface area contributed by atoms with Crippen LogP contribution in [0.2, 0.25) is 0 Å². The van der Waals surface area contributed by atoms with Crippen molar-refractivity contribution in [2.75, 3.05) is 47.4 Å². The largest absolute Gasteiger partial charge is 0.493 e. The number of methoxy groups -OCH3 is 5. The summed E-state index contributed by atoms with van der Waals surface area (Å²) in [4.78, 5) is 39.8. The number of hydrogen-bond acceptors (Lipinski definition) is 9. The standard InChI is InChI=1S/C21H24N2O8S/c1-27-13-8-11(9-14(28-2)17(13)29-3)18(24)22-19-16(20(25)30-4)12-6-7-23(21(26)31-5)10-15(12)32-19/h8-9H,6-7,10H2,1-5H3,(H,22,24). The Hall–Kier alpha value is -3.47. The maximum Gasteiger partial charge on any atom is 0.409 e. The van der Waals surface area contributed by atoms with Gasteiger partial charge in [-0.15, -0.1) is 11.3 Å². The number of carbonyl (C=O) groups excluding carboxylic acids is 3. The van der Waals surface area contributed by atoms with E-state index in [0.29, 0.717) is 35.2 Å². The first-order valence-electron chi connectivity index (χ1n) is 9.55. The van der Waals surface area contributed by atoms with Crippen molar-refractivity contribution in [2.24, 2.45) is 0 Å². The summed E-state index contributed by atoms with van der Waals surface area (Å²) in [5.74, 6) is -0.0305. The molecule has 2 amide bonds. The van der Waals surface area contributed by atoms with Gasteiger partial charge in [-0.2, -0.15) is 0 Å². The first kappa shape index (κ1) is 23.2. The summed E-state index contributed by atoms with van der Waals surface area (Å²) in [6, 6.07) is 3.03. The molecule has 0 fully saturated rings. The Morgan fingerprint density at radius 2 is 1.62 bits per heavy atom. The van der Waals surface area contributed by atoms with Crippen LogP contribution in [0.5, 0.6) is 17.2 Å². The summed E-state index contributed by atoms with van der Waals surface area (Å²) in [6.45, 7) is 0.664. The van der Waals surface area contributed by atoms with Crippen LogP contribution < -0.4 is 19.5 Å². The van der Waals surface area contributed by atoms with E-state index in [2.05, 4.69) is 5.32 Å². The lowest BCUT2D eigenvalue weighted by molar-refractivity contribution is 0.0600. The Bertz CT molecular complexity index is 1020. The number of carbonyl (C=O) groups is 3. The van der Waals surface area contributed by atoms with Crippen LogP contribution in [0.15, 0.2) is 12.1 Å². The molecule has 172 valence electrons. The Morgan fingerprint density at radius 3 is 2.16 bits per heavy atom. The molecular weight excluding hydrogens is 440 g/mol. The van der Waals surface area contributed by atoms with Gasteiger partial charge in [-0.05, 0) is 24.1 Å². The Morgan fingerprint density at radius 1 is 0.969 bits per heavy atom. The van der Waals surface area contributed by atoms with Crippen molar-refractivity contribution in [3.63, 3.8) is 0 Å². The molecule has 1 aliphatic heterocycles. The molecule has 0 spiro atoms. The molecule has 1 aromatic heterocycles. The zero-order chi connectivity index (χ0) is 23.4. The number of ether oxygens (including phenoxy) is 5. The number of hydrogen-bond donors (Lipinski definition) is 1. The normalized spacial score (nSPS) is 12.5. The van der Waals surface area contributed by atoms with Crippen molar-refractivity contribution in [3.8, 4) is 17.2 Å². The van der Waals surface area contributed by atoms with Crippen LogP contribution in [-0.4, -0.2) is 65.0 Å². The highest BCUT2D eigenvalue weighted by atomic mass is 32.1. The van der Waals surface area contributed by atoms with Crippen LogP contribution in [0.3, 0.4) is 0 Å². The lowest BCUT2D eigenvalue weighted by Gasteiger charge is -2.25. The Labute approximate surface area is 188 Å². The summed E-state index contributed by atoms with van der Waals surface area (Å²) in [5, 5.41) is 3.13. The molecule has 1 aromatic carbocycles. The van der Waals surface area contributed by atoms with Crippen LogP contribution in [0.4, 0.5) is 9.80 Å². The third-order valence-electron chi connectivity index (χ3n) is 5.03. The van der Waals surface area contributed by atoms with Gasteiger partial charge < -0.3 is 33.9 Å². The van der Waals surface area contributed by atoms with Gasteiger partial charge in [0.2, 0.25) is 5.75 Å². The van der Waals surface area contributed by atoms with E-state index < -0.39 is 18.0 Å². The van der Waals surface area contributed by atoms with Gasteiger partial charge in [0, 0.05) is 17.0 Å². The third kappa shape index (κ3) is 4.28. The topological polar surface area (TPSA) is 113 Å². The molecule has 3 rings (SSSR count). The van der Waals surface area contributed by atoms with E-state index in [9.17, 15) is 14.4 Å². The van der Waals surface area contributed by atoms with E-state index in [1.54, 1.807) is 0 Å². The first-order chi connectivity index (χ1) is 15.4. The van der Waals surface area contributed by atoms with Crippen LogP contribution >= 0.6 is 11.3 Å². The predicted octanol–water partition coefficient (Wildman–Crippen LogP) is 2.94. The van der Waals surface area contributed by atoms with Gasteiger partial charge in [-0.1, -0.05) is 0 Å². The molecule has 0 bridgehead atoms. The molecule has 0 saturated heterocycles. The maximum absolute atomic E-state index is 13.1. The second kappa shape index (κ2) is 9.77. The fourth-order valence-corrected chi connectivity index (χ4v) is 4.73. The van der Waals surface area contributed by atoms with Gasteiger partial charge in [0.15, 0.2) is 11.5 Å². The number of nitrogens with one attached hydrogen (secondary N) is 1. The number of thiophene rings is 1. The molecule has 1 N–H and O–H groups in total.